The lowest BCUT2D eigenvalue weighted by Crippen LogP contribution is -2.11. The predicted molar refractivity (Wildman–Crippen MR) is 107 cm³/mol. The van der Waals surface area contributed by atoms with Crippen molar-refractivity contribution in [1.82, 2.24) is 34.3 Å². The summed E-state index contributed by atoms with van der Waals surface area (Å²) >= 11 is 0. The largest absolute Gasteiger partial charge is 0.381 e. The molecule has 1 saturated heterocycles. The van der Waals surface area contributed by atoms with Crippen LogP contribution in [0.4, 0.5) is 11.6 Å². The summed E-state index contributed by atoms with van der Waals surface area (Å²) < 4.78 is 9.49. The van der Waals surface area contributed by atoms with Gasteiger partial charge < -0.3 is 10.1 Å². The summed E-state index contributed by atoms with van der Waals surface area (Å²) in [7, 11) is 0. The standard InChI is InChI=1S/C20H22N8O/c1-11-3-18-22-10-23-27(18)7-17(11)24-20-21-6-16-12(2)26-28(19(16)25-20)15-4-13-8-29-9-14(13)5-15/h3,6-7,10,13-15H,4-5,8-9H2,1-2H3,(H,21,24,25). The van der Waals surface area contributed by atoms with E-state index in [4.69, 9.17) is 14.8 Å². The molecular formula is C20H22N8O. The maximum Gasteiger partial charge on any atom is 0.229 e. The Balaban J connectivity index is 1.37. The topological polar surface area (TPSA) is 95.1 Å². The molecule has 0 bridgehead atoms. The molecule has 2 fully saturated rings. The summed E-state index contributed by atoms with van der Waals surface area (Å²) in [4.78, 5) is 13.6. The van der Waals surface area contributed by atoms with Crippen LogP contribution in [0.2, 0.25) is 0 Å². The van der Waals surface area contributed by atoms with Gasteiger partial charge in [-0.25, -0.2) is 19.2 Å². The van der Waals surface area contributed by atoms with Gasteiger partial charge in [0.05, 0.1) is 29.0 Å². The van der Waals surface area contributed by atoms with Crippen molar-refractivity contribution in [3.8, 4) is 0 Å². The number of fused-ring (bicyclic) bond motifs is 3. The Morgan fingerprint density at radius 2 is 1.97 bits per heavy atom. The average Bonchev–Trinajstić information content (AvgIpc) is 3.45. The first-order chi connectivity index (χ1) is 14.2. The number of pyridine rings is 1. The van der Waals surface area contributed by atoms with E-state index in [0.29, 0.717) is 23.8 Å². The van der Waals surface area contributed by atoms with Crippen LogP contribution < -0.4 is 5.32 Å². The third-order valence-corrected chi connectivity index (χ3v) is 6.33. The molecule has 0 amide bonds. The highest BCUT2D eigenvalue weighted by atomic mass is 16.5. The SMILES string of the molecule is Cc1cc2ncnn2cc1Nc1ncc2c(C)nn(C3CC4COCC4C3)c2n1. The van der Waals surface area contributed by atoms with Gasteiger partial charge in [-0.15, -0.1) is 0 Å². The van der Waals surface area contributed by atoms with E-state index in [1.807, 2.05) is 32.3 Å². The van der Waals surface area contributed by atoms with Gasteiger partial charge >= 0.3 is 0 Å². The molecule has 0 radical (unpaired) electrons. The van der Waals surface area contributed by atoms with E-state index in [1.165, 1.54) is 0 Å². The molecule has 2 aliphatic rings. The van der Waals surface area contributed by atoms with Gasteiger partial charge in [-0.3, -0.25) is 0 Å². The fraction of sp³-hybridized carbons (Fsp3) is 0.450. The third kappa shape index (κ3) is 2.68. The van der Waals surface area contributed by atoms with Crippen LogP contribution in [0.1, 0.15) is 30.1 Å². The second-order valence-electron chi connectivity index (χ2n) is 8.20. The van der Waals surface area contributed by atoms with Crippen molar-refractivity contribution < 1.29 is 4.74 Å². The molecular weight excluding hydrogens is 368 g/mol. The number of nitrogens with zero attached hydrogens (tertiary/aromatic N) is 7. The second-order valence-corrected chi connectivity index (χ2v) is 8.20. The number of nitrogens with one attached hydrogen (secondary N) is 1. The van der Waals surface area contributed by atoms with Crippen LogP contribution in [0.3, 0.4) is 0 Å². The van der Waals surface area contributed by atoms with Crippen LogP contribution in [-0.2, 0) is 4.74 Å². The number of hydrogen-bond donors (Lipinski definition) is 1. The quantitative estimate of drug-likeness (QED) is 0.575. The van der Waals surface area contributed by atoms with Crippen molar-refractivity contribution in [3.63, 3.8) is 0 Å². The van der Waals surface area contributed by atoms with E-state index in [1.54, 1.807) is 10.8 Å². The first-order valence-electron chi connectivity index (χ1n) is 10.0. The minimum Gasteiger partial charge on any atom is -0.381 e. The molecule has 29 heavy (non-hydrogen) atoms. The van der Waals surface area contributed by atoms with Crippen molar-refractivity contribution >= 4 is 28.3 Å². The number of hydrogen-bond acceptors (Lipinski definition) is 7. The number of aryl methyl sites for hydroxylation is 2. The zero-order valence-corrected chi connectivity index (χ0v) is 16.4. The number of aromatic nitrogens is 7. The smallest absolute Gasteiger partial charge is 0.229 e. The minimum absolute atomic E-state index is 0.376. The van der Waals surface area contributed by atoms with E-state index in [0.717, 1.165) is 59.7 Å². The Morgan fingerprint density at radius 3 is 2.79 bits per heavy atom. The van der Waals surface area contributed by atoms with E-state index < -0.39 is 0 Å². The number of ether oxygens (including phenoxy) is 1. The lowest BCUT2D eigenvalue weighted by molar-refractivity contribution is 0.166. The molecule has 1 N–H and O–H groups in total. The molecule has 4 aromatic heterocycles. The maximum atomic E-state index is 5.63. The molecule has 0 spiro atoms. The average molecular weight is 390 g/mol. The first-order valence-corrected chi connectivity index (χ1v) is 10.0. The Kier molecular flexibility index (Phi) is 3.61. The number of anilines is 2. The third-order valence-electron chi connectivity index (χ3n) is 6.33. The summed E-state index contributed by atoms with van der Waals surface area (Å²) in [5, 5.41) is 13.4. The summed E-state index contributed by atoms with van der Waals surface area (Å²) in [6, 6.07) is 2.36. The van der Waals surface area contributed by atoms with Crippen LogP contribution in [0, 0.1) is 25.7 Å². The maximum absolute atomic E-state index is 5.63. The summed E-state index contributed by atoms with van der Waals surface area (Å²) in [6.45, 7) is 5.82. The molecule has 9 nitrogen and oxygen atoms in total. The lowest BCUT2D eigenvalue weighted by atomic mass is 10.0. The fourth-order valence-electron chi connectivity index (χ4n) is 4.75. The Bertz CT molecular complexity index is 1220. The zero-order chi connectivity index (χ0) is 19.5. The van der Waals surface area contributed by atoms with Gasteiger partial charge in [0.2, 0.25) is 5.95 Å². The second kappa shape index (κ2) is 6.21. The fourth-order valence-corrected chi connectivity index (χ4v) is 4.75. The summed E-state index contributed by atoms with van der Waals surface area (Å²) in [5.41, 5.74) is 4.64. The van der Waals surface area contributed by atoms with Crippen LogP contribution >= 0.6 is 0 Å². The molecule has 5 heterocycles. The van der Waals surface area contributed by atoms with Crippen LogP contribution in [0.15, 0.2) is 24.8 Å². The first kappa shape index (κ1) is 16.8. The molecule has 9 heteroatoms. The van der Waals surface area contributed by atoms with Crippen molar-refractivity contribution in [2.45, 2.75) is 32.7 Å². The molecule has 4 aromatic rings. The van der Waals surface area contributed by atoms with Crippen LogP contribution in [-0.4, -0.2) is 47.6 Å². The summed E-state index contributed by atoms with van der Waals surface area (Å²) in [5.74, 6) is 1.86. The molecule has 2 unspecified atom stereocenters. The van der Waals surface area contributed by atoms with Gasteiger partial charge in [0.25, 0.3) is 0 Å². The highest BCUT2D eigenvalue weighted by molar-refractivity contribution is 5.79. The highest BCUT2D eigenvalue weighted by Crippen LogP contribution is 2.43. The zero-order valence-electron chi connectivity index (χ0n) is 16.4. The van der Waals surface area contributed by atoms with Gasteiger partial charge in [-0.05, 0) is 50.2 Å². The molecule has 6 rings (SSSR count). The monoisotopic (exact) mass is 390 g/mol. The molecule has 1 aliphatic heterocycles. The van der Waals surface area contributed by atoms with Gasteiger partial charge in [-0.1, -0.05) is 0 Å². The van der Waals surface area contributed by atoms with E-state index in [9.17, 15) is 0 Å². The van der Waals surface area contributed by atoms with Gasteiger partial charge in [0.1, 0.15) is 6.33 Å². The molecule has 148 valence electrons. The molecule has 0 aromatic carbocycles. The van der Waals surface area contributed by atoms with Crippen LogP contribution in [0.25, 0.3) is 16.7 Å². The van der Waals surface area contributed by atoms with Gasteiger partial charge in [-0.2, -0.15) is 15.2 Å². The minimum atomic E-state index is 0.376. The lowest BCUT2D eigenvalue weighted by Gasteiger charge is -2.13. The summed E-state index contributed by atoms with van der Waals surface area (Å²) in [6.07, 6.45) is 7.54. The van der Waals surface area contributed by atoms with Crippen molar-refractivity contribution in [3.05, 3.63) is 36.0 Å². The normalized spacial score (nSPS) is 23.9. The Labute approximate surface area is 167 Å². The molecule has 1 aliphatic carbocycles. The van der Waals surface area contributed by atoms with E-state index >= 15 is 0 Å². The Hall–Kier alpha value is -3.07. The van der Waals surface area contributed by atoms with Crippen molar-refractivity contribution in [1.29, 1.82) is 0 Å². The Morgan fingerprint density at radius 1 is 1.14 bits per heavy atom. The van der Waals surface area contributed by atoms with E-state index in [-0.39, 0.29) is 0 Å². The van der Waals surface area contributed by atoms with Crippen molar-refractivity contribution in [2.75, 3.05) is 18.5 Å². The molecule has 2 atom stereocenters. The van der Waals surface area contributed by atoms with E-state index in [2.05, 4.69) is 25.1 Å². The highest BCUT2D eigenvalue weighted by Gasteiger charge is 2.40. The number of rotatable bonds is 3. The van der Waals surface area contributed by atoms with Crippen LogP contribution in [0.5, 0.6) is 0 Å². The predicted octanol–water partition coefficient (Wildman–Crippen LogP) is 2.83. The van der Waals surface area contributed by atoms with Gasteiger partial charge in [0.15, 0.2) is 11.3 Å². The van der Waals surface area contributed by atoms with Crippen molar-refractivity contribution in [2.24, 2.45) is 11.8 Å². The van der Waals surface area contributed by atoms with Gasteiger partial charge in [0, 0.05) is 19.4 Å². The molecule has 1 saturated carbocycles.